The molecule has 0 unspecified atom stereocenters. The maximum absolute atomic E-state index is 12.1. The molecule has 0 fully saturated rings. The minimum absolute atomic E-state index is 0.135. The van der Waals surface area contributed by atoms with E-state index >= 15 is 0 Å². The van der Waals surface area contributed by atoms with E-state index in [1.165, 1.54) is 0 Å². The number of carbonyl (C=O) groups excluding carboxylic acids is 1. The van der Waals surface area contributed by atoms with E-state index < -0.39 is 0 Å². The molecular weight excluding hydrogens is 352 g/mol. The second kappa shape index (κ2) is 7.96. The van der Waals surface area contributed by atoms with Crippen LogP contribution in [0.15, 0.2) is 78.0 Å². The van der Waals surface area contributed by atoms with Gasteiger partial charge in [0, 0.05) is 17.7 Å². The van der Waals surface area contributed by atoms with Crippen LogP contribution in [0.5, 0.6) is 5.75 Å². The second-order valence-electron chi connectivity index (χ2n) is 6.43. The molecule has 4 rings (SSSR count). The van der Waals surface area contributed by atoms with Crippen LogP contribution in [0.4, 0.5) is 0 Å². The maximum Gasteiger partial charge on any atom is 0.261 e. The third-order valence-electron chi connectivity index (χ3n) is 4.65. The first-order chi connectivity index (χ1) is 13.8. The number of fused-ring (bicyclic) bond motifs is 3. The summed E-state index contributed by atoms with van der Waals surface area (Å²) in [5.74, 6) is 0.561. The van der Waals surface area contributed by atoms with Crippen molar-refractivity contribution in [1.29, 1.82) is 0 Å². The number of ether oxygens (including phenoxy) is 1. The Morgan fingerprint density at radius 3 is 2.00 bits per heavy atom. The normalized spacial score (nSPS) is 11.4. The first-order valence-corrected chi connectivity index (χ1v) is 9.05. The van der Waals surface area contributed by atoms with Crippen molar-refractivity contribution in [1.82, 2.24) is 5.32 Å². The fourth-order valence-corrected chi connectivity index (χ4v) is 3.24. The number of nitrogens with zero attached hydrogens (tertiary/aromatic N) is 1. The highest BCUT2D eigenvalue weighted by Gasteiger charge is 2.24. The Morgan fingerprint density at radius 2 is 1.43 bits per heavy atom. The smallest absolute Gasteiger partial charge is 0.261 e. The molecule has 1 amide bonds. The highest BCUT2D eigenvalue weighted by molar-refractivity contribution is 6.24. The van der Waals surface area contributed by atoms with E-state index in [4.69, 9.17) is 9.57 Å². The number of methoxy groups -OCH3 is 1. The number of benzene rings is 3. The molecule has 0 heterocycles. The van der Waals surface area contributed by atoms with Gasteiger partial charge in [-0.3, -0.25) is 4.79 Å². The molecule has 140 valence electrons. The van der Waals surface area contributed by atoms with Gasteiger partial charge in [0.1, 0.15) is 11.5 Å². The predicted octanol–water partition coefficient (Wildman–Crippen LogP) is 3.76. The lowest BCUT2D eigenvalue weighted by atomic mass is 10.1. The van der Waals surface area contributed by atoms with Gasteiger partial charge in [-0.05, 0) is 28.8 Å². The molecule has 0 bridgehead atoms. The van der Waals surface area contributed by atoms with Crippen LogP contribution < -0.4 is 10.1 Å². The van der Waals surface area contributed by atoms with Crippen molar-refractivity contribution < 1.29 is 14.4 Å². The Bertz CT molecular complexity index is 979. The van der Waals surface area contributed by atoms with Crippen LogP contribution in [-0.4, -0.2) is 25.3 Å². The fourth-order valence-electron chi connectivity index (χ4n) is 3.24. The molecule has 1 aliphatic rings. The molecule has 5 heteroatoms. The molecule has 5 nitrogen and oxygen atoms in total. The summed E-state index contributed by atoms with van der Waals surface area (Å²) in [4.78, 5) is 17.4. The topological polar surface area (TPSA) is 59.9 Å². The lowest BCUT2D eigenvalue weighted by Gasteiger charge is -2.06. The van der Waals surface area contributed by atoms with E-state index in [1.54, 1.807) is 7.11 Å². The Kier molecular flexibility index (Phi) is 5.06. The summed E-state index contributed by atoms with van der Waals surface area (Å²) in [7, 11) is 1.62. The van der Waals surface area contributed by atoms with Crippen LogP contribution in [0.2, 0.25) is 0 Å². The molecule has 0 spiro atoms. The van der Waals surface area contributed by atoms with E-state index in [9.17, 15) is 4.79 Å². The summed E-state index contributed by atoms with van der Waals surface area (Å²) < 4.78 is 5.12. The van der Waals surface area contributed by atoms with Gasteiger partial charge in [-0.15, -0.1) is 0 Å². The summed E-state index contributed by atoms with van der Waals surface area (Å²) in [6.45, 7) is 0.290. The van der Waals surface area contributed by atoms with Crippen molar-refractivity contribution in [2.45, 2.75) is 6.54 Å². The standard InChI is InChI=1S/C23H20N2O3/c1-27-17-12-10-16(11-13-17)14-24-22(26)15-28-25-23-20-8-4-2-6-18(20)19-7-3-5-9-21(19)23/h2-13H,14-15H2,1H3,(H,24,26). The largest absolute Gasteiger partial charge is 0.497 e. The Labute approximate surface area is 163 Å². The van der Waals surface area contributed by atoms with E-state index in [-0.39, 0.29) is 12.5 Å². The molecule has 0 radical (unpaired) electrons. The van der Waals surface area contributed by atoms with Gasteiger partial charge in [-0.25, -0.2) is 0 Å². The van der Waals surface area contributed by atoms with Gasteiger partial charge in [0.05, 0.1) is 7.11 Å². The SMILES string of the molecule is COc1ccc(CNC(=O)CON=C2c3ccccc3-c3ccccc32)cc1. The van der Waals surface area contributed by atoms with Crippen LogP contribution in [0.25, 0.3) is 11.1 Å². The molecule has 28 heavy (non-hydrogen) atoms. The Hall–Kier alpha value is -3.60. The highest BCUT2D eigenvalue weighted by atomic mass is 16.6. The first kappa shape index (κ1) is 17.8. The van der Waals surface area contributed by atoms with Crippen LogP contribution in [0.1, 0.15) is 16.7 Å². The average Bonchev–Trinajstić information content (AvgIpc) is 3.07. The summed E-state index contributed by atoms with van der Waals surface area (Å²) in [6, 6.07) is 23.7. The van der Waals surface area contributed by atoms with Gasteiger partial charge in [-0.1, -0.05) is 65.8 Å². The first-order valence-electron chi connectivity index (χ1n) is 9.05. The van der Waals surface area contributed by atoms with Gasteiger partial charge < -0.3 is 14.9 Å². The number of amides is 1. The molecule has 3 aromatic rings. The number of nitrogens with one attached hydrogen (secondary N) is 1. The van der Waals surface area contributed by atoms with Gasteiger partial charge >= 0.3 is 0 Å². The van der Waals surface area contributed by atoms with Crippen LogP contribution >= 0.6 is 0 Å². The average molecular weight is 372 g/mol. The van der Waals surface area contributed by atoms with Crippen molar-refractivity contribution in [2.24, 2.45) is 5.16 Å². The molecular formula is C23H20N2O3. The van der Waals surface area contributed by atoms with Gasteiger partial charge in [-0.2, -0.15) is 0 Å². The van der Waals surface area contributed by atoms with Gasteiger partial charge in [0.25, 0.3) is 5.91 Å². The van der Waals surface area contributed by atoms with Crippen molar-refractivity contribution in [2.75, 3.05) is 13.7 Å². The minimum atomic E-state index is -0.222. The van der Waals surface area contributed by atoms with Crippen molar-refractivity contribution >= 4 is 11.6 Å². The second-order valence-corrected chi connectivity index (χ2v) is 6.43. The molecule has 1 N–H and O–H groups in total. The summed E-state index contributed by atoms with van der Waals surface area (Å²) in [5.41, 5.74) is 6.03. The zero-order valence-corrected chi connectivity index (χ0v) is 15.5. The summed E-state index contributed by atoms with van der Waals surface area (Å²) in [6.07, 6.45) is 0. The van der Waals surface area contributed by atoms with E-state index in [2.05, 4.69) is 22.6 Å². The van der Waals surface area contributed by atoms with E-state index in [0.29, 0.717) is 6.54 Å². The van der Waals surface area contributed by atoms with Gasteiger partial charge in [0.2, 0.25) is 0 Å². The van der Waals surface area contributed by atoms with E-state index in [0.717, 1.165) is 39.3 Å². The molecule has 0 saturated carbocycles. The lowest BCUT2D eigenvalue weighted by molar-refractivity contribution is -0.125. The molecule has 3 aromatic carbocycles. The number of hydrogen-bond acceptors (Lipinski definition) is 4. The Morgan fingerprint density at radius 1 is 0.857 bits per heavy atom. The van der Waals surface area contributed by atoms with Crippen LogP contribution in [0.3, 0.4) is 0 Å². The Balaban J connectivity index is 1.38. The molecule has 0 aromatic heterocycles. The molecule has 1 aliphatic carbocycles. The monoisotopic (exact) mass is 372 g/mol. The highest BCUT2D eigenvalue weighted by Crippen LogP contribution is 2.36. The quantitative estimate of drug-likeness (QED) is 0.524. The molecule has 0 saturated heterocycles. The molecule has 0 aliphatic heterocycles. The van der Waals surface area contributed by atoms with Gasteiger partial charge in [0.15, 0.2) is 6.61 Å². The lowest BCUT2D eigenvalue weighted by Crippen LogP contribution is -2.26. The third kappa shape index (κ3) is 3.60. The van der Waals surface area contributed by atoms with E-state index in [1.807, 2.05) is 60.7 Å². The number of rotatable bonds is 6. The fraction of sp³-hybridized carbons (Fsp3) is 0.130. The number of hydrogen-bond donors (Lipinski definition) is 1. The molecule has 0 atom stereocenters. The third-order valence-corrected chi connectivity index (χ3v) is 4.65. The minimum Gasteiger partial charge on any atom is -0.497 e. The number of oxime groups is 1. The predicted molar refractivity (Wildman–Crippen MR) is 108 cm³/mol. The van der Waals surface area contributed by atoms with Crippen LogP contribution in [0, 0.1) is 0 Å². The van der Waals surface area contributed by atoms with Crippen LogP contribution in [-0.2, 0) is 16.2 Å². The summed E-state index contributed by atoms with van der Waals surface area (Å²) >= 11 is 0. The van der Waals surface area contributed by atoms with Crippen molar-refractivity contribution in [3.63, 3.8) is 0 Å². The van der Waals surface area contributed by atoms with Crippen molar-refractivity contribution in [3.05, 3.63) is 89.5 Å². The zero-order chi connectivity index (χ0) is 19.3. The van der Waals surface area contributed by atoms with Crippen molar-refractivity contribution in [3.8, 4) is 16.9 Å². The number of carbonyl (C=O) groups is 1. The maximum atomic E-state index is 12.1. The summed E-state index contributed by atoms with van der Waals surface area (Å²) in [5, 5.41) is 7.09. The zero-order valence-electron chi connectivity index (χ0n) is 15.5.